The van der Waals surface area contributed by atoms with Crippen LogP contribution in [0.2, 0.25) is 0 Å². The number of nitrogens with two attached hydrogens (primary N) is 1. The minimum Gasteiger partial charge on any atom is -0.396 e. The molecule has 0 radical (unpaired) electrons. The summed E-state index contributed by atoms with van der Waals surface area (Å²) >= 11 is 0. The van der Waals surface area contributed by atoms with E-state index in [0.717, 1.165) is 25.9 Å². The number of aliphatic hydroxyl groups is 1. The van der Waals surface area contributed by atoms with Crippen molar-refractivity contribution in [1.29, 1.82) is 0 Å². The van der Waals surface area contributed by atoms with E-state index in [0.29, 0.717) is 12.2 Å². The number of likely N-dealkylation sites (tertiary alicyclic amines) is 1. The van der Waals surface area contributed by atoms with Crippen LogP contribution in [0.5, 0.6) is 0 Å². The summed E-state index contributed by atoms with van der Waals surface area (Å²) in [5, 5.41) is 14.4. The smallest absolute Gasteiger partial charge is 0.0867 e. The second-order valence-corrected chi connectivity index (χ2v) is 4.50. The molecule has 0 unspecified atom stereocenters. The highest BCUT2D eigenvalue weighted by molar-refractivity contribution is 5.30. The maximum Gasteiger partial charge on any atom is 0.0867 e. The lowest BCUT2D eigenvalue weighted by Crippen LogP contribution is -2.45. The van der Waals surface area contributed by atoms with Crippen LogP contribution in [0.3, 0.4) is 0 Å². The van der Waals surface area contributed by atoms with Gasteiger partial charge in [0.25, 0.3) is 0 Å². The van der Waals surface area contributed by atoms with Crippen LogP contribution in [-0.2, 0) is 6.54 Å². The molecule has 84 valence electrons. The van der Waals surface area contributed by atoms with Crippen molar-refractivity contribution in [2.24, 2.45) is 0 Å². The zero-order chi connectivity index (χ0) is 10.9. The molecule has 0 saturated carbocycles. The van der Waals surface area contributed by atoms with Gasteiger partial charge in [0.1, 0.15) is 0 Å². The Morgan fingerprint density at radius 3 is 2.73 bits per heavy atom. The largest absolute Gasteiger partial charge is 0.396 e. The molecule has 0 aromatic carbocycles. The van der Waals surface area contributed by atoms with Gasteiger partial charge in [0, 0.05) is 19.3 Å². The Hall–Kier alpha value is -1.07. The van der Waals surface area contributed by atoms with E-state index in [4.69, 9.17) is 5.73 Å². The fraction of sp³-hybridized carbons (Fsp3) is 0.700. The molecule has 1 aliphatic rings. The average molecular weight is 210 g/mol. The van der Waals surface area contributed by atoms with Crippen molar-refractivity contribution >= 4 is 5.69 Å². The van der Waals surface area contributed by atoms with Gasteiger partial charge in [-0.2, -0.15) is 5.10 Å². The topological polar surface area (TPSA) is 67.3 Å². The third-order valence-electron chi connectivity index (χ3n) is 3.03. The molecule has 0 amide bonds. The minimum atomic E-state index is -0.620. The maximum atomic E-state index is 10.3. The zero-order valence-electron chi connectivity index (χ0n) is 9.06. The Labute approximate surface area is 89.5 Å². The molecule has 1 saturated heterocycles. The van der Waals surface area contributed by atoms with E-state index in [1.165, 1.54) is 0 Å². The number of anilines is 1. The fourth-order valence-electron chi connectivity index (χ4n) is 1.96. The molecular weight excluding hydrogens is 192 g/mol. The molecule has 0 atom stereocenters. The highest BCUT2D eigenvalue weighted by Crippen LogP contribution is 2.23. The zero-order valence-corrected chi connectivity index (χ0v) is 9.06. The van der Waals surface area contributed by atoms with Gasteiger partial charge in [-0.1, -0.05) is 0 Å². The Morgan fingerprint density at radius 2 is 2.20 bits per heavy atom. The van der Waals surface area contributed by atoms with E-state index < -0.39 is 5.60 Å². The number of hydrogen-bond acceptors (Lipinski definition) is 4. The lowest BCUT2D eigenvalue weighted by Gasteiger charge is -2.36. The van der Waals surface area contributed by atoms with Crippen molar-refractivity contribution in [2.45, 2.75) is 25.0 Å². The summed E-state index contributed by atoms with van der Waals surface area (Å²) in [5.41, 5.74) is 5.60. The van der Waals surface area contributed by atoms with E-state index >= 15 is 0 Å². The number of nitrogens with zero attached hydrogens (tertiary/aromatic N) is 3. The predicted molar refractivity (Wildman–Crippen MR) is 58.3 cm³/mol. The highest BCUT2D eigenvalue weighted by atomic mass is 16.3. The van der Waals surface area contributed by atoms with Crippen LogP contribution in [0.15, 0.2) is 12.4 Å². The first kappa shape index (κ1) is 10.4. The first-order valence-electron chi connectivity index (χ1n) is 5.26. The van der Waals surface area contributed by atoms with Gasteiger partial charge >= 0.3 is 0 Å². The standard InChI is InChI=1S/C10H18N4O/c1-13-4-2-10(15,3-5-13)8-14-7-9(11)6-12-14/h6-7,15H,2-5,8,11H2,1H3. The SMILES string of the molecule is CN1CCC(O)(Cn2cc(N)cn2)CC1. The molecule has 1 aromatic rings. The van der Waals surface area contributed by atoms with Gasteiger partial charge in [-0.05, 0) is 19.9 Å². The number of hydrogen-bond donors (Lipinski definition) is 2. The fourth-order valence-corrected chi connectivity index (χ4v) is 1.96. The van der Waals surface area contributed by atoms with E-state index in [1.807, 2.05) is 0 Å². The Bertz CT molecular complexity index is 328. The van der Waals surface area contributed by atoms with Crippen LogP contribution < -0.4 is 5.73 Å². The summed E-state index contributed by atoms with van der Waals surface area (Å²) in [5.74, 6) is 0. The number of aromatic nitrogens is 2. The second kappa shape index (κ2) is 3.83. The van der Waals surface area contributed by atoms with Crippen LogP contribution in [0, 0.1) is 0 Å². The maximum absolute atomic E-state index is 10.3. The van der Waals surface area contributed by atoms with Crippen LogP contribution in [0.4, 0.5) is 5.69 Å². The summed E-state index contributed by atoms with van der Waals surface area (Å²) < 4.78 is 1.72. The first-order valence-corrected chi connectivity index (χ1v) is 5.26. The van der Waals surface area contributed by atoms with E-state index in [-0.39, 0.29) is 0 Å². The molecule has 15 heavy (non-hydrogen) atoms. The molecule has 1 aromatic heterocycles. The third-order valence-corrected chi connectivity index (χ3v) is 3.03. The van der Waals surface area contributed by atoms with E-state index in [1.54, 1.807) is 17.1 Å². The van der Waals surface area contributed by atoms with Gasteiger partial charge in [0.05, 0.1) is 24.0 Å². The van der Waals surface area contributed by atoms with Crippen LogP contribution in [0.1, 0.15) is 12.8 Å². The average Bonchev–Trinajstić information content (AvgIpc) is 2.57. The van der Waals surface area contributed by atoms with Crippen LogP contribution in [-0.4, -0.2) is 45.5 Å². The van der Waals surface area contributed by atoms with Gasteiger partial charge < -0.3 is 15.7 Å². The van der Waals surface area contributed by atoms with Crippen molar-refractivity contribution in [2.75, 3.05) is 25.9 Å². The van der Waals surface area contributed by atoms with Crippen molar-refractivity contribution in [3.05, 3.63) is 12.4 Å². The summed E-state index contributed by atoms with van der Waals surface area (Å²) in [6, 6.07) is 0. The van der Waals surface area contributed by atoms with Crippen LogP contribution >= 0.6 is 0 Å². The van der Waals surface area contributed by atoms with Crippen molar-refractivity contribution in [3.8, 4) is 0 Å². The molecular formula is C10H18N4O. The summed E-state index contributed by atoms with van der Waals surface area (Å²) in [7, 11) is 2.07. The Kier molecular flexibility index (Phi) is 2.67. The number of nitrogen functional groups attached to an aromatic ring is 1. The quantitative estimate of drug-likeness (QED) is 0.716. The summed E-state index contributed by atoms with van der Waals surface area (Å²) in [6.45, 7) is 2.42. The lowest BCUT2D eigenvalue weighted by molar-refractivity contribution is -0.0315. The molecule has 0 spiro atoms. The molecule has 3 N–H and O–H groups in total. The predicted octanol–water partition coefficient (Wildman–Crippen LogP) is -0.0780. The van der Waals surface area contributed by atoms with Gasteiger partial charge in [-0.25, -0.2) is 0 Å². The molecule has 1 aliphatic heterocycles. The Balaban J connectivity index is 1.99. The molecule has 2 rings (SSSR count). The number of rotatable bonds is 2. The minimum absolute atomic E-state index is 0.540. The van der Waals surface area contributed by atoms with Crippen molar-refractivity contribution in [3.63, 3.8) is 0 Å². The van der Waals surface area contributed by atoms with E-state index in [9.17, 15) is 5.11 Å². The van der Waals surface area contributed by atoms with Crippen molar-refractivity contribution < 1.29 is 5.11 Å². The lowest BCUT2D eigenvalue weighted by atomic mass is 9.92. The van der Waals surface area contributed by atoms with Gasteiger partial charge in [0.15, 0.2) is 0 Å². The van der Waals surface area contributed by atoms with Gasteiger partial charge in [0.2, 0.25) is 0 Å². The van der Waals surface area contributed by atoms with Crippen molar-refractivity contribution in [1.82, 2.24) is 14.7 Å². The molecule has 0 aliphatic carbocycles. The summed E-state index contributed by atoms with van der Waals surface area (Å²) in [4.78, 5) is 2.23. The van der Waals surface area contributed by atoms with E-state index in [2.05, 4.69) is 17.0 Å². The second-order valence-electron chi connectivity index (χ2n) is 4.50. The monoisotopic (exact) mass is 210 g/mol. The molecule has 1 fully saturated rings. The molecule has 2 heterocycles. The van der Waals surface area contributed by atoms with Gasteiger partial charge in [-0.15, -0.1) is 0 Å². The summed E-state index contributed by atoms with van der Waals surface area (Å²) in [6.07, 6.45) is 4.96. The van der Waals surface area contributed by atoms with Gasteiger partial charge in [-0.3, -0.25) is 4.68 Å². The van der Waals surface area contributed by atoms with Crippen LogP contribution in [0.25, 0.3) is 0 Å². The molecule has 5 heteroatoms. The molecule has 0 bridgehead atoms. The number of piperidine rings is 1. The first-order chi connectivity index (χ1) is 7.07. The Morgan fingerprint density at radius 1 is 1.53 bits per heavy atom. The highest BCUT2D eigenvalue weighted by Gasteiger charge is 2.31. The third kappa shape index (κ3) is 2.49. The normalized spacial score (nSPS) is 21.7. The molecule has 5 nitrogen and oxygen atoms in total.